The molecule has 5 heteroatoms. The lowest BCUT2D eigenvalue weighted by atomic mass is 10.1. The van der Waals surface area contributed by atoms with E-state index in [1.165, 1.54) is 0 Å². The first-order valence-corrected chi connectivity index (χ1v) is 5.95. The predicted octanol–water partition coefficient (Wildman–Crippen LogP) is 1.16. The number of benzene rings is 1. The van der Waals surface area contributed by atoms with E-state index in [9.17, 15) is 4.79 Å². The van der Waals surface area contributed by atoms with Crippen molar-refractivity contribution in [2.45, 2.75) is 6.54 Å². The molecule has 2 N–H and O–H groups in total. The third-order valence-electron chi connectivity index (χ3n) is 3.10. The smallest absolute Gasteiger partial charge is 0.261 e. The molecule has 5 nitrogen and oxygen atoms in total. The number of H-pyrrole nitrogens is 1. The Bertz CT molecular complexity index is 550. The molecule has 0 saturated heterocycles. The van der Waals surface area contributed by atoms with Gasteiger partial charge in [0.15, 0.2) is 0 Å². The first-order valence-electron chi connectivity index (χ1n) is 5.95. The van der Waals surface area contributed by atoms with Crippen LogP contribution in [0.5, 0.6) is 0 Å². The average Bonchev–Trinajstić information content (AvgIpc) is 2.85. The summed E-state index contributed by atoms with van der Waals surface area (Å²) < 4.78 is 0. The Morgan fingerprint density at radius 1 is 1.33 bits per heavy atom. The molecule has 1 aliphatic heterocycles. The summed E-state index contributed by atoms with van der Waals surface area (Å²) in [5.41, 5.74) is 2.72. The standard InChI is InChI=1S/C13H14N4O/c18-13(11-8-15-16-9-11)17-6-5-14-7-10-3-1-2-4-12(10)17/h1-4,8-9,14H,5-7H2,(H,15,16). The van der Waals surface area contributed by atoms with Crippen molar-refractivity contribution >= 4 is 11.6 Å². The van der Waals surface area contributed by atoms with Crippen LogP contribution in [-0.2, 0) is 6.54 Å². The van der Waals surface area contributed by atoms with Gasteiger partial charge in [-0.05, 0) is 11.6 Å². The minimum Gasteiger partial charge on any atom is -0.311 e. The zero-order chi connectivity index (χ0) is 12.4. The molecule has 0 bridgehead atoms. The molecule has 3 rings (SSSR count). The molecule has 0 atom stereocenters. The summed E-state index contributed by atoms with van der Waals surface area (Å²) >= 11 is 0. The number of fused-ring (bicyclic) bond motifs is 1. The van der Waals surface area contributed by atoms with Crippen molar-refractivity contribution in [3.8, 4) is 0 Å². The van der Waals surface area contributed by atoms with Crippen molar-refractivity contribution < 1.29 is 4.79 Å². The number of carbonyl (C=O) groups is 1. The number of hydrogen-bond donors (Lipinski definition) is 2. The Labute approximate surface area is 105 Å². The minimum absolute atomic E-state index is 0.0140. The van der Waals surface area contributed by atoms with Gasteiger partial charge in [0.05, 0.1) is 11.8 Å². The summed E-state index contributed by atoms with van der Waals surface area (Å²) in [5.74, 6) is -0.0140. The highest BCUT2D eigenvalue weighted by Crippen LogP contribution is 2.23. The van der Waals surface area contributed by atoms with Crippen LogP contribution in [0, 0.1) is 0 Å². The maximum absolute atomic E-state index is 12.4. The fourth-order valence-corrected chi connectivity index (χ4v) is 2.19. The molecule has 92 valence electrons. The topological polar surface area (TPSA) is 61.0 Å². The molecule has 1 aromatic heterocycles. The van der Waals surface area contributed by atoms with Crippen molar-refractivity contribution in [1.29, 1.82) is 0 Å². The predicted molar refractivity (Wildman–Crippen MR) is 68.4 cm³/mol. The second-order valence-electron chi connectivity index (χ2n) is 4.25. The fraction of sp³-hybridized carbons (Fsp3) is 0.231. The largest absolute Gasteiger partial charge is 0.311 e. The normalized spacial score (nSPS) is 15.0. The Hall–Kier alpha value is -2.14. The van der Waals surface area contributed by atoms with Gasteiger partial charge in [0.25, 0.3) is 5.91 Å². The van der Waals surface area contributed by atoms with E-state index in [0.717, 1.165) is 24.3 Å². The van der Waals surface area contributed by atoms with E-state index in [1.54, 1.807) is 17.3 Å². The molecule has 18 heavy (non-hydrogen) atoms. The van der Waals surface area contributed by atoms with Crippen LogP contribution >= 0.6 is 0 Å². The molecular formula is C13H14N4O. The van der Waals surface area contributed by atoms with E-state index >= 15 is 0 Å². The maximum atomic E-state index is 12.4. The van der Waals surface area contributed by atoms with Crippen molar-refractivity contribution in [3.63, 3.8) is 0 Å². The zero-order valence-electron chi connectivity index (χ0n) is 9.89. The number of para-hydroxylation sites is 1. The second kappa shape index (κ2) is 4.62. The van der Waals surface area contributed by atoms with Crippen molar-refractivity contribution in [3.05, 3.63) is 47.8 Å². The Morgan fingerprint density at radius 2 is 2.22 bits per heavy atom. The Balaban J connectivity index is 1.99. The van der Waals surface area contributed by atoms with Gasteiger partial charge >= 0.3 is 0 Å². The summed E-state index contributed by atoms with van der Waals surface area (Å²) in [5, 5.41) is 9.82. The van der Waals surface area contributed by atoms with Crippen LogP contribution in [0.15, 0.2) is 36.7 Å². The number of aromatic amines is 1. The number of aromatic nitrogens is 2. The maximum Gasteiger partial charge on any atom is 0.261 e. The summed E-state index contributed by atoms with van der Waals surface area (Å²) in [4.78, 5) is 14.2. The van der Waals surface area contributed by atoms with Gasteiger partial charge in [0, 0.05) is 31.5 Å². The minimum atomic E-state index is -0.0140. The summed E-state index contributed by atoms with van der Waals surface area (Å²) in [6.45, 7) is 2.25. The summed E-state index contributed by atoms with van der Waals surface area (Å²) in [6, 6.07) is 7.98. The van der Waals surface area contributed by atoms with Gasteiger partial charge in [-0.2, -0.15) is 5.10 Å². The quantitative estimate of drug-likeness (QED) is 0.789. The Morgan fingerprint density at radius 3 is 3.06 bits per heavy atom. The van der Waals surface area contributed by atoms with E-state index in [1.807, 2.05) is 24.3 Å². The number of hydrogen-bond acceptors (Lipinski definition) is 3. The lowest BCUT2D eigenvalue weighted by Gasteiger charge is -2.21. The van der Waals surface area contributed by atoms with Gasteiger partial charge in [-0.15, -0.1) is 0 Å². The van der Waals surface area contributed by atoms with E-state index in [-0.39, 0.29) is 5.91 Å². The molecule has 1 aromatic carbocycles. The highest BCUT2D eigenvalue weighted by atomic mass is 16.2. The summed E-state index contributed by atoms with van der Waals surface area (Å²) in [7, 11) is 0. The lowest BCUT2D eigenvalue weighted by Crippen LogP contribution is -2.34. The number of rotatable bonds is 1. The highest BCUT2D eigenvalue weighted by molar-refractivity contribution is 6.06. The van der Waals surface area contributed by atoms with Crippen LogP contribution in [0.25, 0.3) is 0 Å². The molecule has 0 spiro atoms. The first kappa shape index (κ1) is 11.0. The van der Waals surface area contributed by atoms with Gasteiger partial charge in [-0.1, -0.05) is 18.2 Å². The SMILES string of the molecule is O=C(c1cn[nH]c1)N1CCNCc2ccccc21. The lowest BCUT2D eigenvalue weighted by molar-refractivity contribution is 0.0987. The highest BCUT2D eigenvalue weighted by Gasteiger charge is 2.22. The molecule has 2 aromatic rings. The van der Waals surface area contributed by atoms with Crippen LogP contribution < -0.4 is 10.2 Å². The molecule has 1 aliphatic rings. The first-order chi connectivity index (χ1) is 8.86. The van der Waals surface area contributed by atoms with Gasteiger partial charge < -0.3 is 10.2 Å². The molecule has 0 fully saturated rings. The number of nitrogens with one attached hydrogen (secondary N) is 2. The van der Waals surface area contributed by atoms with Crippen molar-refractivity contribution in [1.82, 2.24) is 15.5 Å². The van der Waals surface area contributed by atoms with E-state index in [0.29, 0.717) is 12.1 Å². The van der Waals surface area contributed by atoms with Crippen LogP contribution in [0.2, 0.25) is 0 Å². The second-order valence-corrected chi connectivity index (χ2v) is 4.25. The third kappa shape index (κ3) is 1.89. The van der Waals surface area contributed by atoms with Crippen molar-refractivity contribution in [2.24, 2.45) is 0 Å². The molecule has 0 aliphatic carbocycles. The zero-order valence-corrected chi connectivity index (χ0v) is 9.89. The van der Waals surface area contributed by atoms with Gasteiger partial charge in [0.2, 0.25) is 0 Å². The van der Waals surface area contributed by atoms with E-state index in [4.69, 9.17) is 0 Å². The third-order valence-corrected chi connectivity index (χ3v) is 3.10. The summed E-state index contributed by atoms with van der Waals surface area (Å²) in [6.07, 6.45) is 3.19. The molecule has 0 saturated carbocycles. The Kier molecular flexibility index (Phi) is 2.82. The fourth-order valence-electron chi connectivity index (χ4n) is 2.19. The molecule has 0 radical (unpaired) electrons. The van der Waals surface area contributed by atoms with Gasteiger partial charge in [-0.25, -0.2) is 0 Å². The molecular weight excluding hydrogens is 228 g/mol. The van der Waals surface area contributed by atoms with Crippen LogP contribution in [0.1, 0.15) is 15.9 Å². The van der Waals surface area contributed by atoms with Gasteiger partial charge in [-0.3, -0.25) is 9.89 Å². The number of amides is 1. The average molecular weight is 242 g/mol. The monoisotopic (exact) mass is 242 g/mol. The number of anilines is 1. The van der Waals surface area contributed by atoms with E-state index < -0.39 is 0 Å². The number of nitrogens with zero attached hydrogens (tertiary/aromatic N) is 2. The van der Waals surface area contributed by atoms with Gasteiger partial charge in [0.1, 0.15) is 0 Å². The van der Waals surface area contributed by atoms with Crippen LogP contribution in [0.3, 0.4) is 0 Å². The molecule has 0 unspecified atom stereocenters. The molecule has 2 heterocycles. The van der Waals surface area contributed by atoms with E-state index in [2.05, 4.69) is 15.5 Å². The number of carbonyl (C=O) groups excluding carboxylic acids is 1. The van der Waals surface area contributed by atoms with Crippen LogP contribution in [-0.4, -0.2) is 29.2 Å². The molecule has 1 amide bonds. The van der Waals surface area contributed by atoms with Crippen molar-refractivity contribution in [2.75, 3.05) is 18.0 Å². The van der Waals surface area contributed by atoms with Crippen LogP contribution in [0.4, 0.5) is 5.69 Å².